The fraction of sp³-hybridized carbons (Fsp3) is 0.312. The molecule has 2 atom stereocenters. The summed E-state index contributed by atoms with van der Waals surface area (Å²) in [6.07, 6.45) is -0.825. The Morgan fingerprint density at radius 1 is 1.23 bits per heavy atom. The third kappa shape index (κ3) is 4.73. The number of hydrogen-bond acceptors (Lipinski definition) is 3. The minimum Gasteiger partial charge on any atom is -0.387 e. The molecule has 2 unspecified atom stereocenters. The second kappa shape index (κ2) is 8.17. The topological polar surface area (TPSA) is 61.4 Å². The maximum Gasteiger partial charge on any atom is 0.314 e. The highest BCUT2D eigenvalue weighted by Crippen LogP contribution is 2.22. The molecular formula is C16H19ClN2O2S. The van der Waals surface area contributed by atoms with Crippen LogP contribution in [-0.4, -0.2) is 24.2 Å². The average molecular weight is 339 g/mol. The van der Waals surface area contributed by atoms with E-state index in [0.717, 1.165) is 0 Å². The molecule has 0 bridgehead atoms. The van der Waals surface area contributed by atoms with E-state index in [-0.39, 0.29) is 18.5 Å². The Labute approximate surface area is 139 Å². The van der Waals surface area contributed by atoms with Crippen LogP contribution in [0, 0.1) is 0 Å². The molecule has 2 aromatic rings. The minimum atomic E-state index is -0.825. The smallest absolute Gasteiger partial charge is 0.314 e. The lowest BCUT2D eigenvalue weighted by atomic mass is 10.1. The van der Waals surface area contributed by atoms with Crippen LogP contribution >= 0.6 is 22.9 Å². The van der Waals surface area contributed by atoms with Crippen LogP contribution in [0.5, 0.6) is 0 Å². The summed E-state index contributed by atoms with van der Waals surface area (Å²) in [6.45, 7) is 2.72. The van der Waals surface area contributed by atoms with E-state index < -0.39 is 6.10 Å². The van der Waals surface area contributed by atoms with E-state index in [4.69, 9.17) is 11.6 Å². The van der Waals surface area contributed by atoms with E-state index in [1.165, 1.54) is 4.88 Å². The van der Waals surface area contributed by atoms with Gasteiger partial charge in [0.1, 0.15) is 0 Å². The average Bonchev–Trinajstić information content (AvgIpc) is 3.05. The first-order chi connectivity index (χ1) is 10.6. The minimum absolute atomic E-state index is 0.114. The first-order valence-corrected chi connectivity index (χ1v) is 8.31. The Morgan fingerprint density at radius 2 is 1.95 bits per heavy atom. The Hall–Kier alpha value is -1.56. The van der Waals surface area contributed by atoms with Gasteiger partial charge in [0.05, 0.1) is 6.10 Å². The lowest BCUT2D eigenvalue weighted by Gasteiger charge is -2.15. The van der Waals surface area contributed by atoms with Crippen LogP contribution in [-0.2, 0) is 0 Å². The van der Waals surface area contributed by atoms with Gasteiger partial charge in [-0.15, -0.1) is 11.3 Å². The van der Waals surface area contributed by atoms with Gasteiger partial charge in [-0.2, -0.15) is 0 Å². The third-order valence-electron chi connectivity index (χ3n) is 3.32. The zero-order valence-electron chi connectivity index (χ0n) is 12.3. The largest absolute Gasteiger partial charge is 0.387 e. The molecule has 22 heavy (non-hydrogen) atoms. The first kappa shape index (κ1) is 16.8. The molecule has 1 aromatic carbocycles. The molecular weight excluding hydrogens is 320 g/mol. The van der Waals surface area contributed by atoms with Crippen LogP contribution < -0.4 is 10.6 Å². The van der Waals surface area contributed by atoms with Crippen LogP contribution in [0.25, 0.3) is 0 Å². The number of thiophene rings is 1. The van der Waals surface area contributed by atoms with Crippen LogP contribution in [0.1, 0.15) is 29.4 Å². The van der Waals surface area contributed by atoms with Gasteiger partial charge in [-0.05, 0) is 17.5 Å². The molecule has 118 valence electrons. The first-order valence-electron chi connectivity index (χ1n) is 7.05. The molecule has 2 rings (SSSR count). The van der Waals surface area contributed by atoms with E-state index in [2.05, 4.69) is 23.6 Å². The molecule has 6 heteroatoms. The van der Waals surface area contributed by atoms with Crippen LogP contribution in [0.2, 0.25) is 5.02 Å². The lowest BCUT2D eigenvalue weighted by Crippen LogP contribution is -2.39. The number of benzene rings is 1. The van der Waals surface area contributed by atoms with Gasteiger partial charge in [0.2, 0.25) is 0 Å². The van der Waals surface area contributed by atoms with E-state index in [1.54, 1.807) is 35.6 Å². The number of hydrogen-bond donors (Lipinski definition) is 3. The summed E-state index contributed by atoms with van der Waals surface area (Å²) in [6, 6.07) is 10.8. The van der Waals surface area contributed by atoms with Crippen molar-refractivity contribution in [1.82, 2.24) is 10.6 Å². The maximum absolute atomic E-state index is 11.8. The highest BCUT2D eigenvalue weighted by Gasteiger charge is 2.13. The fourth-order valence-electron chi connectivity index (χ4n) is 2.03. The number of aliphatic hydroxyl groups excluding tert-OH is 1. The highest BCUT2D eigenvalue weighted by atomic mass is 35.5. The van der Waals surface area contributed by atoms with Crippen molar-refractivity contribution >= 4 is 29.0 Å². The molecule has 1 heterocycles. The van der Waals surface area contributed by atoms with E-state index in [9.17, 15) is 9.90 Å². The van der Waals surface area contributed by atoms with Crippen molar-refractivity contribution in [2.45, 2.75) is 18.9 Å². The predicted octanol–water partition coefficient (Wildman–Crippen LogP) is 3.54. The quantitative estimate of drug-likeness (QED) is 0.754. The van der Waals surface area contributed by atoms with Crippen molar-refractivity contribution in [2.24, 2.45) is 0 Å². The monoisotopic (exact) mass is 338 g/mol. The van der Waals surface area contributed by atoms with Gasteiger partial charge >= 0.3 is 6.03 Å². The van der Waals surface area contributed by atoms with Crippen molar-refractivity contribution < 1.29 is 9.90 Å². The van der Waals surface area contributed by atoms with E-state index in [0.29, 0.717) is 17.1 Å². The number of carbonyl (C=O) groups excluding carboxylic acids is 1. The number of aliphatic hydroxyl groups is 1. The molecule has 0 aliphatic heterocycles. The highest BCUT2D eigenvalue weighted by molar-refractivity contribution is 7.10. The van der Waals surface area contributed by atoms with Crippen LogP contribution in [0.15, 0.2) is 41.8 Å². The number of urea groups is 1. The van der Waals surface area contributed by atoms with Gasteiger partial charge in [-0.3, -0.25) is 0 Å². The van der Waals surface area contributed by atoms with Crippen molar-refractivity contribution in [3.63, 3.8) is 0 Å². The van der Waals surface area contributed by atoms with Gasteiger partial charge in [0, 0.05) is 34.5 Å². The second-order valence-corrected chi connectivity index (χ2v) is 6.43. The van der Waals surface area contributed by atoms with Gasteiger partial charge in [0.15, 0.2) is 0 Å². The lowest BCUT2D eigenvalue weighted by molar-refractivity contribution is 0.173. The number of rotatable bonds is 6. The molecule has 3 N–H and O–H groups in total. The SMILES string of the molecule is CC(CNC(=O)NCC(O)c1ccccc1Cl)c1cccs1. The van der Waals surface area contributed by atoms with E-state index >= 15 is 0 Å². The van der Waals surface area contributed by atoms with Gasteiger partial charge in [-0.1, -0.05) is 42.8 Å². The molecule has 0 fully saturated rings. The number of nitrogens with one attached hydrogen (secondary N) is 2. The molecule has 0 radical (unpaired) electrons. The van der Waals surface area contributed by atoms with Gasteiger partial charge < -0.3 is 15.7 Å². The number of carbonyl (C=O) groups is 1. The van der Waals surface area contributed by atoms with Gasteiger partial charge in [0.25, 0.3) is 0 Å². The van der Waals surface area contributed by atoms with Crippen molar-refractivity contribution in [3.05, 3.63) is 57.2 Å². The van der Waals surface area contributed by atoms with Crippen molar-refractivity contribution in [1.29, 1.82) is 0 Å². The summed E-state index contributed by atoms with van der Waals surface area (Å²) in [5.41, 5.74) is 0.608. The Balaban J connectivity index is 1.75. The summed E-state index contributed by atoms with van der Waals surface area (Å²) in [5, 5.41) is 18.0. The molecule has 0 saturated carbocycles. The Kier molecular flexibility index (Phi) is 6.24. The molecule has 0 spiro atoms. The van der Waals surface area contributed by atoms with Crippen molar-refractivity contribution in [3.8, 4) is 0 Å². The molecule has 0 aliphatic rings. The zero-order chi connectivity index (χ0) is 15.9. The van der Waals surface area contributed by atoms with Crippen molar-refractivity contribution in [2.75, 3.05) is 13.1 Å². The molecule has 2 amide bonds. The standard InChI is InChI=1S/C16H19ClN2O2S/c1-11(15-7-4-8-22-15)9-18-16(21)19-10-14(20)12-5-2-3-6-13(12)17/h2-8,11,14,20H,9-10H2,1H3,(H2,18,19,21). The predicted molar refractivity (Wildman–Crippen MR) is 90.5 cm³/mol. The summed E-state index contributed by atoms with van der Waals surface area (Å²) in [4.78, 5) is 13.0. The zero-order valence-corrected chi connectivity index (χ0v) is 13.8. The fourth-order valence-corrected chi connectivity index (χ4v) is 3.07. The van der Waals surface area contributed by atoms with Crippen LogP contribution in [0.4, 0.5) is 4.79 Å². The van der Waals surface area contributed by atoms with Gasteiger partial charge in [-0.25, -0.2) is 4.79 Å². The van der Waals surface area contributed by atoms with Crippen LogP contribution in [0.3, 0.4) is 0 Å². The second-order valence-electron chi connectivity index (χ2n) is 5.04. The molecule has 0 saturated heterocycles. The summed E-state index contributed by atoms with van der Waals surface area (Å²) < 4.78 is 0. The normalized spacial score (nSPS) is 13.4. The molecule has 1 aromatic heterocycles. The number of halogens is 1. The Bertz CT molecular complexity index is 604. The molecule has 4 nitrogen and oxygen atoms in total. The summed E-state index contributed by atoms with van der Waals surface area (Å²) in [7, 11) is 0. The van der Waals surface area contributed by atoms with E-state index in [1.807, 2.05) is 11.4 Å². The maximum atomic E-state index is 11.8. The summed E-state index contributed by atoms with van der Waals surface area (Å²) >= 11 is 7.68. The third-order valence-corrected chi connectivity index (χ3v) is 4.77. The summed E-state index contributed by atoms with van der Waals surface area (Å²) in [5.74, 6) is 0.263. The molecule has 0 aliphatic carbocycles. The number of amides is 2. The Morgan fingerprint density at radius 3 is 2.64 bits per heavy atom.